The molecular formula is C14H15FN2O2. The van der Waals surface area contributed by atoms with Gasteiger partial charge in [0.1, 0.15) is 16.8 Å². The molecule has 2 aromatic rings. The third-order valence-electron chi connectivity index (χ3n) is 3.79. The molecule has 19 heavy (non-hydrogen) atoms. The number of imidazole rings is 1. The van der Waals surface area contributed by atoms with Crippen LogP contribution >= 0.6 is 0 Å². The molecule has 1 aromatic heterocycles. The van der Waals surface area contributed by atoms with Crippen LogP contribution in [0, 0.1) is 5.82 Å². The van der Waals surface area contributed by atoms with E-state index in [1.807, 2.05) is 0 Å². The maximum Gasteiger partial charge on any atom is 0.319 e. The lowest BCUT2D eigenvalue weighted by atomic mass is 9.68. The SMILES string of the molecule is CCOC(=O)C1(c2nc3c(F)cccc3[nH]2)CCC1. The second-order valence-corrected chi connectivity index (χ2v) is 4.88. The minimum absolute atomic E-state index is 0.263. The van der Waals surface area contributed by atoms with Gasteiger partial charge in [0.15, 0.2) is 5.82 Å². The smallest absolute Gasteiger partial charge is 0.319 e. The van der Waals surface area contributed by atoms with E-state index in [1.165, 1.54) is 6.07 Å². The number of aromatic nitrogens is 2. The van der Waals surface area contributed by atoms with Crippen molar-refractivity contribution in [1.29, 1.82) is 0 Å². The topological polar surface area (TPSA) is 55.0 Å². The van der Waals surface area contributed by atoms with Crippen LogP contribution in [0.15, 0.2) is 18.2 Å². The number of nitrogens with zero attached hydrogens (tertiary/aromatic N) is 1. The maximum absolute atomic E-state index is 13.7. The van der Waals surface area contributed by atoms with Crippen LogP contribution in [-0.2, 0) is 14.9 Å². The standard InChI is InChI=1S/C14H15FN2O2/c1-2-19-13(18)14(7-4-8-14)12-16-10-6-3-5-9(15)11(10)17-12/h3,5-6H,2,4,7-8H2,1H3,(H,16,17). The summed E-state index contributed by atoms with van der Waals surface area (Å²) in [6.45, 7) is 2.12. The van der Waals surface area contributed by atoms with Crippen molar-refractivity contribution in [3.8, 4) is 0 Å². The summed E-state index contributed by atoms with van der Waals surface area (Å²) in [7, 11) is 0. The Morgan fingerprint density at radius 1 is 1.53 bits per heavy atom. The van der Waals surface area contributed by atoms with E-state index >= 15 is 0 Å². The summed E-state index contributed by atoms with van der Waals surface area (Å²) in [5.74, 6) is -0.114. The Morgan fingerprint density at radius 3 is 2.89 bits per heavy atom. The second-order valence-electron chi connectivity index (χ2n) is 4.88. The number of ether oxygens (including phenoxy) is 1. The quantitative estimate of drug-likeness (QED) is 0.865. The molecule has 0 radical (unpaired) electrons. The average Bonchev–Trinajstić information content (AvgIpc) is 2.73. The van der Waals surface area contributed by atoms with E-state index in [0.29, 0.717) is 30.8 Å². The van der Waals surface area contributed by atoms with Gasteiger partial charge in [0.05, 0.1) is 12.1 Å². The molecule has 100 valence electrons. The molecule has 0 saturated heterocycles. The predicted molar refractivity (Wildman–Crippen MR) is 68.2 cm³/mol. The molecule has 0 amide bonds. The molecule has 0 spiro atoms. The van der Waals surface area contributed by atoms with Crippen LogP contribution in [-0.4, -0.2) is 22.5 Å². The predicted octanol–water partition coefficient (Wildman–Crippen LogP) is 2.69. The number of halogens is 1. The Bertz CT molecular complexity index is 631. The molecule has 1 saturated carbocycles. The van der Waals surface area contributed by atoms with Crippen molar-refractivity contribution in [2.75, 3.05) is 6.61 Å². The highest BCUT2D eigenvalue weighted by Crippen LogP contribution is 2.44. The van der Waals surface area contributed by atoms with Crippen LogP contribution in [0.4, 0.5) is 4.39 Å². The number of hydrogen-bond acceptors (Lipinski definition) is 3. The summed E-state index contributed by atoms with van der Waals surface area (Å²) < 4.78 is 18.8. The van der Waals surface area contributed by atoms with E-state index in [4.69, 9.17) is 4.74 Å². The number of esters is 1. The first-order valence-electron chi connectivity index (χ1n) is 6.49. The first kappa shape index (κ1) is 12.1. The Hall–Kier alpha value is -1.91. The van der Waals surface area contributed by atoms with Gasteiger partial charge in [-0.2, -0.15) is 0 Å². The van der Waals surface area contributed by atoms with Gasteiger partial charge in [-0.05, 0) is 31.9 Å². The third-order valence-corrected chi connectivity index (χ3v) is 3.79. The van der Waals surface area contributed by atoms with E-state index in [-0.39, 0.29) is 17.3 Å². The maximum atomic E-state index is 13.7. The van der Waals surface area contributed by atoms with Crippen molar-refractivity contribution >= 4 is 17.0 Å². The van der Waals surface area contributed by atoms with Crippen LogP contribution in [0.5, 0.6) is 0 Å². The van der Waals surface area contributed by atoms with Crippen molar-refractivity contribution in [3.05, 3.63) is 29.8 Å². The van der Waals surface area contributed by atoms with Gasteiger partial charge in [-0.25, -0.2) is 9.37 Å². The minimum atomic E-state index is -0.707. The van der Waals surface area contributed by atoms with Crippen LogP contribution in [0.2, 0.25) is 0 Å². The van der Waals surface area contributed by atoms with Crippen molar-refractivity contribution in [2.24, 2.45) is 0 Å². The van der Waals surface area contributed by atoms with Crippen LogP contribution in [0.3, 0.4) is 0 Å². The van der Waals surface area contributed by atoms with Crippen molar-refractivity contribution in [1.82, 2.24) is 9.97 Å². The molecule has 1 heterocycles. The van der Waals surface area contributed by atoms with Crippen molar-refractivity contribution < 1.29 is 13.9 Å². The zero-order valence-corrected chi connectivity index (χ0v) is 10.7. The molecule has 4 nitrogen and oxygen atoms in total. The zero-order valence-electron chi connectivity index (χ0n) is 10.7. The fraction of sp³-hybridized carbons (Fsp3) is 0.429. The van der Waals surface area contributed by atoms with Crippen LogP contribution < -0.4 is 0 Å². The summed E-state index contributed by atoms with van der Waals surface area (Å²) in [5.41, 5.74) is 0.195. The van der Waals surface area contributed by atoms with Gasteiger partial charge in [0.2, 0.25) is 0 Å². The number of benzene rings is 1. The molecule has 3 rings (SSSR count). The number of nitrogens with one attached hydrogen (secondary N) is 1. The third kappa shape index (κ3) is 1.72. The van der Waals surface area contributed by atoms with Gasteiger partial charge in [0, 0.05) is 0 Å². The molecule has 1 aliphatic rings. The molecule has 1 aliphatic carbocycles. The van der Waals surface area contributed by atoms with Gasteiger partial charge in [-0.15, -0.1) is 0 Å². The highest BCUT2D eigenvalue weighted by Gasteiger charge is 2.49. The number of fused-ring (bicyclic) bond motifs is 1. The number of carbonyl (C=O) groups excluding carboxylic acids is 1. The van der Waals surface area contributed by atoms with Gasteiger partial charge >= 0.3 is 5.97 Å². The first-order chi connectivity index (χ1) is 9.17. The fourth-order valence-electron chi connectivity index (χ4n) is 2.56. The lowest BCUT2D eigenvalue weighted by molar-refractivity contribution is -0.154. The summed E-state index contributed by atoms with van der Waals surface area (Å²) >= 11 is 0. The zero-order chi connectivity index (χ0) is 13.5. The molecular weight excluding hydrogens is 247 g/mol. The summed E-state index contributed by atoms with van der Waals surface area (Å²) in [6.07, 6.45) is 2.36. The molecule has 5 heteroatoms. The molecule has 0 aliphatic heterocycles. The number of para-hydroxylation sites is 1. The van der Waals surface area contributed by atoms with Gasteiger partial charge < -0.3 is 9.72 Å². The van der Waals surface area contributed by atoms with Crippen molar-refractivity contribution in [2.45, 2.75) is 31.6 Å². The normalized spacial score (nSPS) is 17.2. The van der Waals surface area contributed by atoms with E-state index in [9.17, 15) is 9.18 Å². The van der Waals surface area contributed by atoms with E-state index in [0.717, 1.165) is 6.42 Å². The van der Waals surface area contributed by atoms with E-state index < -0.39 is 5.41 Å². The number of aromatic amines is 1. The Morgan fingerprint density at radius 2 is 2.32 bits per heavy atom. The van der Waals surface area contributed by atoms with E-state index in [2.05, 4.69) is 9.97 Å². The average molecular weight is 262 g/mol. The fourth-order valence-corrected chi connectivity index (χ4v) is 2.56. The molecule has 0 bridgehead atoms. The highest BCUT2D eigenvalue weighted by molar-refractivity contribution is 5.85. The number of H-pyrrole nitrogens is 1. The Kier molecular flexibility index (Phi) is 2.77. The van der Waals surface area contributed by atoms with E-state index in [1.54, 1.807) is 19.1 Å². The minimum Gasteiger partial charge on any atom is -0.465 e. The molecule has 0 atom stereocenters. The van der Waals surface area contributed by atoms with Gasteiger partial charge in [-0.3, -0.25) is 4.79 Å². The van der Waals surface area contributed by atoms with Crippen LogP contribution in [0.25, 0.3) is 11.0 Å². The molecule has 1 fully saturated rings. The number of carbonyl (C=O) groups is 1. The number of hydrogen-bond donors (Lipinski definition) is 1. The lowest BCUT2D eigenvalue weighted by Gasteiger charge is -2.37. The summed E-state index contributed by atoms with van der Waals surface area (Å²) in [5, 5.41) is 0. The first-order valence-corrected chi connectivity index (χ1v) is 6.49. The second kappa shape index (κ2) is 4.33. The summed E-state index contributed by atoms with van der Waals surface area (Å²) in [6, 6.07) is 4.74. The highest BCUT2D eigenvalue weighted by atomic mass is 19.1. The number of rotatable bonds is 3. The largest absolute Gasteiger partial charge is 0.465 e. The molecule has 1 N–H and O–H groups in total. The van der Waals surface area contributed by atoms with Crippen molar-refractivity contribution in [3.63, 3.8) is 0 Å². The van der Waals surface area contributed by atoms with Crippen LogP contribution in [0.1, 0.15) is 32.0 Å². The van der Waals surface area contributed by atoms with Gasteiger partial charge in [0.25, 0.3) is 0 Å². The van der Waals surface area contributed by atoms with Gasteiger partial charge in [-0.1, -0.05) is 12.5 Å². The molecule has 0 unspecified atom stereocenters. The Balaban J connectivity index is 2.07. The Labute approximate surface area is 110 Å². The lowest BCUT2D eigenvalue weighted by Crippen LogP contribution is -2.44. The summed E-state index contributed by atoms with van der Waals surface area (Å²) in [4.78, 5) is 19.5. The molecule has 1 aromatic carbocycles. The monoisotopic (exact) mass is 262 g/mol.